The smallest absolute Gasteiger partial charge is 0.238 e. The SMILES string of the molecule is COC1CCCOC12CCN(c1nc(N(C)C)ns1)CC2. The van der Waals surface area contributed by atoms with Gasteiger partial charge in [0.2, 0.25) is 11.1 Å². The summed E-state index contributed by atoms with van der Waals surface area (Å²) in [4.78, 5) is 8.85. The van der Waals surface area contributed by atoms with Gasteiger partial charge in [0.05, 0.1) is 11.7 Å². The summed E-state index contributed by atoms with van der Waals surface area (Å²) in [5.74, 6) is 0.791. The second-order valence-corrected chi connectivity index (χ2v) is 6.77. The van der Waals surface area contributed by atoms with Crippen LogP contribution in [0.5, 0.6) is 0 Å². The number of hydrogen-bond acceptors (Lipinski definition) is 7. The monoisotopic (exact) mass is 312 g/mol. The number of ether oxygens (including phenoxy) is 2. The minimum atomic E-state index is -0.0848. The molecule has 1 atom stereocenters. The fourth-order valence-electron chi connectivity index (χ4n) is 3.29. The molecule has 1 aromatic rings. The van der Waals surface area contributed by atoms with Crippen LogP contribution in [0, 0.1) is 0 Å². The van der Waals surface area contributed by atoms with E-state index in [1.807, 2.05) is 26.1 Å². The highest BCUT2D eigenvalue weighted by atomic mass is 32.1. The molecule has 0 aromatic carbocycles. The van der Waals surface area contributed by atoms with Gasteiger partial charge in [-0.25, -0.2) is 0 Å². The van der Waals surface area contributed by atoms with Crippen molar-refractivity contribution in [2.45, 2.75) is 37.4 Å². The zero-order valence-corrected chi connectivity index (χ0v) is 13.9. The zero-order chi connectivity index (χ0) is 14.9. The maximum atomic E-state index is 6.15. The minimum Gasteiger partial charge on any atom is -0.378 e. The number of nitrogens with zero attached hydrogens (tertiary/aromatic N) is 4. The number of aromatic nitrogens is 2. The van der Waals surface area contributed by atoms with Crippen LogP contribution in [0.3, 0.4) is 0 Å². The summed E-state index contributed by atoms with van der Waals surface area (Å²) < 4.78 is 16.2. The predicted molar refractivity (Wildman–Crippen MR) is 84.4 cm³/mol. The average molecular weight is 312 g/mol. The Morgan fingerprint density at radius 1 is 1.38 bits per heavy atom. The molecular formula is C14H24N4O2S. The van der Waals surface area contributed by atoms with Crippen LogP contribution in [0.4, 0.5) is 11.1 Å². The van der Waals surface area contributed by atoms with E-state index in [9.17, 15) is 0 Å². The third kappa shape index (κ3) is 2.86. The van der Waals surface area contributed by atoms with E-state index >= 15 is 0 Å². The van der Waals surface area contributed by atoms with Crippen molar-refractivity contribution in [2.24, 2.45) is 0 Å². The molecule has 0 N–H and O–H groups in total. The molecule has 7 heteroatoms. The van der Waals surface area contributed by atoms with E-state index in [0.29, 0.717) is 0 Å². The average Bonchev–Trinajstić information content (AvgIpc) is 2.99. The number of rotatable bonds is 3. The number of anilines is 2. The lowest BCUT2D eigenvalue weighted by Gasteiger charge is -2.47. The Morgan fingerprint density at radius 3 is 2.76 bits per heavy atom. The molecule has 0 radical (unpaired) electrons. The largest absolute Gasteiger partial charge is 0.378 e. The highest BCUT2D eigenvalue weighted by Gasteiger charge is 2.45. The summed E-state index contributed by atoms with van der Waals surface area (Å²) >= 11 is 1.48. The van der Waals surface area contributed by atoms with Gasteiger partial charge in [0.25, 0.3) is 0 Å². The van der Waals surface area contributed by atoms with Crippen LogP contribution < -0.4 is 9.80 Å². The molecule has 1 spiro atoms. The Balaban J connectivity index is 1.66. The first-order valence-electron chi connectivity index (χ1n) is 7.57. The lowest BCUT2D eigenvalue weighted by molar-refractivity contribution is -0.175. The number of piperidine rings is 1. The molecule has 21 heavy (non-hydrogen) atoms. The normalized spacial score (nSPS) is 25.3. The standard InChI is InChI=1S/C14H24N4O2S/c1-17(2)12-15-13(21-16-12)18-8-6-14(7-9-18)11(19-3)5-4-10-20-14/h11H,4-10H2,1-3H3. The van der Waals surface area contributed by atoms with Gasteiger partial charge >= 0.3 is 0 Å². The molecule has 2 aliphatic rings. The summed E-state index contributed by atoms with van der Waals surface area (Å²) in [6, 6.07) is 0. The zero-order valence-electron chi connectivity index (χ0n) is 13.0. The van der Waals surface area contributed by atoms with E-state index in [1.54, 1.807) is 0 Å². The van der Waals surface area contributed by atoms with Crippen LogP contribution in [0.2, 0.25) is 0 Å². The van der Waals surface area contributed by atoms with E-state index < -0.39 is 0 Å². The van der Waals surface area contributed by atoms with Gasteiger partial charge in [-0.15, -0.1) is 0 Å². The Bertz CT molecular complexity index is 471. The van der Waals surface area contributed by atoms with Crippen molar-refractivity contribution in [1.29, 1.82) is 0 Å². The maximum absolute atomic E-state index is 6.15. The van der Waals surface area contributed by atoms with E-state index in [1.165, 1.54) is 11.5 Å². The van der Waals surface area contributed by atoms with Gasteiger partial charge in [0, 0.05) is 52.4 Å². The molecule has 1 unspecified atom stereocenters. The summed E-state index contributed by atoms with van der Waals surface area (Å²) in [6.45, 7) is 2.79. The van der Waals surface area contributed by atoms with Crippen LogP contribution in [-0.4, -0.2) is 62.0 Å². The fraction of sp³-hybridized carbons (Fsp3) is 0.857. The van der Waals surface area contributed by atoms with E-state index in [4.69, 9.17) is 9.47 Å². The lowest BCUT2D eigenvalue weighted by atomic mass is 9.82. The minimum absolute atomic E-state index is 0.0848. The summed E-state index contributed by atoms with van der Waals surface area (Å²) in [5.41, 5.74) is -0.0848. The maximum Gasteiger partial charge on any atom is 0.238 e. The molecule has 118 valence electrons. The van der Waals surface area contributed by atoms with Crippen LogP contribution in [0.25, 0.3) is 0 Å². The Morgan fingerprint density at radius 2 is 2.14 bits per heavy atom. The predicted octanol–water partition coefficient (Wildman–Crippen LogP) is 1.77. The Labute approximate surface area is 130 Å². The molecule has 0 saturated carbocycles. The lowest BCUT2D eigenvalue weighted by Crippen LogP contribution is -2.56. The first kappa shape index (κ1) is 15.0. The van der Waals surface area contributed by atoms with Gasteiger partial charge in [-0.1, -0.05) is 0 Å². The van der Waals surface area contributed by atoms with Crippen LogP contribution in [0.1, 0.15) is 25.7 Å². The molecular weight excluding hydrogens is 288 g/mol. The van der Waals surface area contributed by atoms with E-state index in [2.05, 4.69) is 14.3 Å². The highest BCUT2D eigenvalue weighted by Crippen LogP contribution is 2.38. The van der Waals surface area contributed by atoms with E-state index in [-0.39, 0.29) is 11.7 Å². The van der Waals surface area contributed by atoms with Gasteiger partial charge < -0.3 is 19.3 Å². The van der Waals surface area contributed by atoms with Crippen LogP contribution in [0.15, 0.2) is 0 Å². The van der Waals surface area contributed by atoms with Crippen molar-refractivity contribution in [3.05, 3.63) is 0 Å². The molecule has 6 nitrogen and oxygen atoms in total. The van der Waals surface area contributed by atoms with Gasteiger partial charge in [-0.2, -0.15) is 9.36 Å². The first-order chi connectivity index (χ1) is 10.1. The molecule has 0 bridgehead atoms. The Kier molecular flexibility index (Phi) is 4.33. The van der Waals surface area contributed by atoms with Gasteiger partial charge in [-0.05, 0) is 25.7 Å². The molecule has 1 aromatic heterocycles. The summed E-state index contributed by atoms with van der Waals surface area (Å²) in [6.07, 6.45) is 4.46. The van der Waals surface area contributed by atoms with Crippen molar-refractivity contribution in [3.63, 3.8) is 0 Å². The second-order valence-electron chi connectivity index (χ2n) is 6.04. The number of hydrogen-bond donors (Lipinski definition) is 0. The molecule has 2 fully saturated rings. The highest BCUT2D eigenvalue weighted by molar-refractivity contribution is 7.09. The molecule has 2 saturated heterocycles. The topological polar surface area (TPSA) is 50.7 Å². The quantitative estimate of drug-likeness (QED) is 0.848. The van der Waals surface area contributed by atoms with Gasteiger partial charge in [0.15, 0.2) is 0 Å². The third-order valence-electron chi connectivity index (χ3n) is 4.56. The van der Waals surface area contributed by atoms with Gasteiger partial charge in [0.1, 0.15) is 0 Å². The van der Waals surface area contributed by atoms with Gasteiger partial charge in [-0.3, -0.25) is 0 Å². The van der Waals surface area contributed by atoms with Crippen molar-refractivity contribution in [3.8, 4) is 0 Å². The third-order valence-corrected chi connectivity index (χ3v) is 5.32. The second kappa shape index (κ2) is 6.06. The molecule has 3 rings (SSSR count). The van der Waals surface area contributed by atoms with Crippen LogP contribution >= 0.6 is 11.5 Å². The Hall–Kier alpha value is -0.920. The van der Waals surface area contributed by atoms with Crippen molar-refractivity contribution in [2.75, 3.05) is 50.7 Å². The van der Waals surface area contributed by atoms with Crippen molar-refractivity contribution < 1.29 is 9.47 Å². The van der Waals surface area contributed by atoms with Crippen molar-refractivity contribution >= 4 is 22.6 Å². The molecule has 0 aliphatic carbocycles. The number of methoxy groups -OCH3 is 1. The van der Waals surface area contributed by atoms with E-state index in [0.717, 1.165) is 56.5 Å². The summed E-state index contributed by atoms with van der Waals surface area (Å²) in [7, 11) is 5.74. The summed E-state index contributed by atoms with van der Waals surface area (Å²) in [5, 5.41) is 1.01. The van der Waals surface area contributed by atoms with Crippen molar-refractivity contribution in [1.82, 2.24) is 9.36 Å². The first-order valence-corrected chi connectivity index (χ1v) is 8.35. The fourth-order valence-corrected chi connectivity index (χ4v) is 4.08. The molecule has 3 heterocycles. The molecule has 2 aliphatic heterocycles. The molecule has 0 amide bonds. The van der Waals surface area contributed by atoms with Crippen LogP contribution in [-0.2, 0) is 9.47 Å².